The molecule has 6 heteroatoms. The van der Waals surface area contributed by atoms with Crippen LogP contribution in [0.2, 0.25) is 0 Å². The topological polar surface area (TPSA) is 78.9 Å². The number of benzene rings is 2. The summed E-state index contributed by atoms with van der Waals surface area (Å²) in [4.78, 5) is 26.0. The normalized spacial score (nSPS) is 10.3. The van der Waals surface area contributed by atoms with Crippen molar-refractivity contribution in [2.24, 2.45) is 0 Å². The molecule has 138 valence electrons. The van der Waals surface area contributed by atoms with Gasteiger partial charge in [-0.1, -0.05) is 17.7 Å². The zero-order valence-electron chi connectivity index (χ0n) is 15.3. The third-order valence-corrected chi connectivity index (χ3v) is 3.97. The maximum absolute atomic E-state index is 12.4. The molecule has 0 saturated carbocycles. The number of rotatable bonds is 7. The number of ether oxygens (including phenoxy) is 1. The van der Waals surface area contributed by atoms with Crippen molar-refractivity contribution in [2.45, 2.75) is 20.8 Å². The predicted octanol–water partition coefficient (Wildman–Crippen LogP) is 3.20. The highest BCUT2D eigenvalue weighted by atomic mass is 16.5. The molecule has 0 aromatic heterocycles. The van der Waals surface area contributed by atoms with Gasteiger partial charge in [0.15, 0.2) is 6.61 Å². The predicted molar refractivity (Wildman–Crippen MR) is 101 cm³/mol. The lowest BCUT2D eigenvalue weighted by Crippen LogP contribution is -2.34. The Balaban J connectivity index is 2.03. The van der Waals surface area contributed by atoms with Crippen LogP contribution >= 0.6 is 0 Å². The number of carbonyl (C=O) groups excluding carboxylic acids is 2. The molecule has 26 heavy (non-hydrogen) atoms. The van der Waals surface area contributed by atoms with Gasteiger partial charge in [0.1, 0.15) is 11.5 Å². The monoisotopic (exact) mass is 356 g/mol. The van der Waals surface area contributed by atoms with Crippen LogP contribution in [0.15, 0.2) is 42.5 Å². The number of phenols is 1. The fraction of sp³-hybridized carbons (Fsp3) is 0.300. The van der Waals surface area contributed by atoms with E-state index in [4.69, 9.17) is 4.74 Å². The number of anilines is 1. The van der Waals surface area contributed by atoms with Gasteiger partial charge >= 0.3 is 0 Å². The van der Waals surface area contributed by atoms with E-state index in [2.05, 4.69) is 5.32 Å². The van der Waals surface area contributed by atoms with Gasteiger partial charge in [0.2, 0.25) is 0 Å². The van der Waals surface area contributed by atoms with Gasteiger partial charge in [0, 0.05) is 24.8 Å². The number of nitrogens with zero attached hydrogens (tertiary/aromatic N) is 1. The first-order valence-corrected chi connectivity index (χ1v) is 8.56. The molecule has 0 atom stereocenters. The second-order valence-electron chi connectivity index (χ2n) is 5.86. The zero-order chi connectivity index (χ0) is 19.1. The zero-order valence-corrected chi connectivity index (χ0v) is 15.3. The Morgan fingerprint density at radius 2 is 1.85 bits per heavy atom. The molecule has 2 aromatic rings. The van der Waals surface area contributed by atoms with E-state index in [0.717, 1.165) is 5.56 Å². The first kappa shape index (κ1) is 19.3. The van der Waals surface area contributed by atoms with Gasteiger partial charge in [-0.2, -0.15) is 0 Å². The number of likely N-dealkylation sites (N-methyl/N-ethyl adjacent to an activating group) is 1. The minimum absolute atomic E-state index is 0.0578. The van der Waals surface area contributed by atoms with Crippen LogP contribution in [0.4, 0.5) is 5.69 Å². The molecule has 0 unspecified atom stereocenters. The van der Waals surface area contributed by atoms with E-state index in [1.165, 1.54) is 6.07 Å². The standard InChI is InChI=1S/C20H24N2O4/c1-4-22(5-2)19(24)13-26-16-8-6-7-15(12-16)21-20(25)17-11-14(3)9-10-18(17)23/h6-12,23H,4-5,13H2,1-3H3,(H,21,25). The van der Waals surface area contributed by atoms with Crippen molar-refractivity contribution in [1.82, 2.24) is 4.90 Å². The summed E-state index contributed by atoms with van der Waals surface area (Å²) in [5.41, 5.74) is 1.59. The van der Waals surface area contributed by atoms with Crippen molar-refractivity contribution in [3.8, 4) is 11.5 Å². The average molecular weight is 356 g/mol. The lowest BCUT2D eigenvalue weighted by atomic mass is 10.1. The molecule has 2 rings (SSSR count). The van der Waals surface area contributed by atoms with Gasteiger partial charge in [0.05, 0.1) is 5.56 Å². The number of aromatic hydroxyl groups is 1. The molecule has 0 bridgehead atoms. The molecule has 0 saturated heterocycles. The van der Waals surface area contributed by atoms with E-state index in [1.54, 1.807) is 41.3 Å². The van der Waals surface area contributed by atoms with Crippen molar-refractivity contribution >= 4 is 17.5 Å². The Labute approximate surface area is 153 Å². The van der Waals surface area contributed by atoms with Gasteiger partial charge in [0.25, 0.3) is 11.8 Å². The van der Waals surface area contributed by atoms with Crippen LogP contribution in [0.1, 0.15) is 29.8 Å². The van der Waals surface area contributed by atoms with Gasteiger partial charge in [-0.05, 0) is 45.0 Å². The summed E-state index contributed by atoms with van der Waals surface area (Å²) in [5.74, 6) is -0.0983. The van der Waals surface area contributed by atoms with Crippen molar-refractivity contribution in [3.05, 3.63) is 53.6 Å². The van der Waals surface area contributed by atoms with Crippen molar-refractivity contribution < 1.29 is 19.4 Å². The summed E-state index contributed by atoms with van der Waals surface area (Å²) in [6.07, 6.45) is 0. The smallest absolute Gasteiger partial charge is 0.260 e. The minimum atomic E-state index is -0.414. The molecule has 2 aromatic carbocycles. The second kappa shape index (κ2) is 8.89. The highest BCUT2D eigenvalue weighted by Gasteiger charge is 2.13. The Hall–Kier alpha value is -3.02. The highest BCUT2D eigenvalue weighted by molar-refractivity contribution is 6.06. The third kappa shape index (κ3) is 4.99. The third-order valence-electron chi connectivity index (χ3n) is 3.97. The Kier molecular flexibility index (Phi) is 6.60. The summed E-state index contributed by atoms with van der Waals surface area (Å²) < 4.78 is 5.53. The SMILES string of the molecule is CCN(CC)C(=O)COc1cccc(NC(=O)c2cc(C)ccc2O)c1. The second-order valence-corrected chi connectivity index (χ2v) is 5.86. The molecule has 0 aliphatic rings. The lowest BCUT2D eigenvalue weighted by molar-refractivity contribution is -0.132. The lowest BCUT2D eigenvalue weighted by Gasteiger charge is -2.18. The Morgan fingerprint density at radius 1 is 1.12 bits per heavy atom. The number of hydrogen-bond acceptors (Lipinski definition) is 4. The summed E-state index contributed by atoms with van der Waals surface area (Å²) >= 11 is 0. The molecule has 2 N–H and O–H groups in total. The van der Waals surface area contributed by atoms with E-state index in [9.17, 15) is 14.7 Å². The van der Waals surface area contributed by atoms with Crippen LogP contribution < -0.4 is 10.1 Å². The number of hydrogen-bond donors (Lipinski definition) is 2. The number of nitrogens with one attached hydrogen (secondary N) is 1. The van der Waals surface area contributed by atoms with Gasteiger partial charge in [-0.15, -0.1) is 0 Å². The van der Waals surface area contributed by atoms with Crippen molar-refractivity contribution in [3.63, 3.8) is 0 Å². The molecule has 0 radical (unpaired) electrons. The quantitative estimate of drug-likeness (QED) is 0.798. The van der Waals surface area contributed by atoms with Crippen molar-refractivity contribution in [1.29, 1.82) is 0 Å². The fourth-order valence-corrected chi connectivity index (χ4v) is 2.51. The van der Waals surface area contributed by atoms with E-state index >= 15 is 0 Å². The Bertz CT molecular complexity index is 785. The number of phenolic OH excluding ortho intramolecular Hbond substituents is 1. The largest absolute Gasteiger partial charge is 0.507 e. The van der Waals surface area contributed by atoms with E-state index in [-0.39, 0.29) is 23.8 Å². The van der Waals surface area contributed by atoms with Gasteiger partial charge in [-0.25, -0.2) is 0 Å². The number of carbonyl (C=O) groups is 2. The van der Waals surface area contributed by atoms with E-state index < -0.39 is 5.91 Å². The van der Waals surface area contributed by atoms with Gasteiger partial charge in [-0.3, -0.25) is 9.59 Å². The van der Waals surface area contributed by atoms with Crippen LogP contribution in [0, 0.1) is 6.92 Å². The summed E-state index contributed by atoms with van der Waals surface area (Å²) in [7, 11) is 0. The first-order chi connectivity index (χ1) is 12.4. The number of amides is 2. The van der Waals surface area contributed by atoms with E-state index in [0.29, 0.717) is 24.5 Å². The summed E-state index contributed by atoms with van der Waals surface area (Å²) in [6, 6.07) is 11.6. The molecule has 0 heterocycles. The van der Waals surface area contributed by atoms with Crippen LogP contribution in [0.5, 0.6) is 11.5 Å². The molecular formula is C20H24N2O4. The van der Waals surface area contributed by atoms with Crippen LogP contribution in [-0.2, 0) is 4.79 Å². The maximum Gasteiger partial charge on any atom is 0.260 e. The van der Waals surface area contributed by atoms with Crippen LogP contribution in [-0.4, -0.2) is 41.5 Å². The summed E-state index contributed by atoms with van der Waals surface area (Å²) in [6.45, 7) is 6.88. The number of aryl methyl sites for hydroxylation is 1. The Morgan fingerprint density at radius 3 is 2.54 bits per heavy atom. The molecule has 0 fully saturated rings. The average Bonchev–Trinajstić information content (AvgIpc) is 2.63. The van der Waals surface area contributed by atoms with E-state index in [1.807, 2.05) is 20.8 Å². The highest BCUT2D eigenvalue weighted by Crippen LogP contribution is 2.22. The molecule has 6 nitrogen and oxygen atoms in total. The van der Waals surface area contributed by atoms with Gasteiger partial charge < -0.3 is 20.1 Å². The molecular weight excluding hydrogens is 332 g/mol. The van der Waals surface area contributed by atoms with Crippen LogP contribution in [0.3, 0.4) is 0 Å². The van der Waals surface area contributed by atoms with Crippen molar-refractivity contribution in [2.75, 3.05) is 25.0 Å². The molecule has 0 aliphatic heterocycles. The van der Waals surface area contributed by atoms with Crippen LogP contribution in [0.25, 0.3) is 0 Å². The maximum atomic E-state index is 12.4. The minimum Gasteiger partial charge on any atom is -0.507 e. The summed E-state index contributed by atoms with van der Waals surface area (Å²) in [5, 5.41) is 12.6. The fourth-order valence-electron chi connectivity index (χ4n) is 2.51. The molecule has 2 amide bonds. The first-order valence-electron chi connectivity index (χ1n) is 8.56. The molecule has 0 aliphatic carbocycles. The molecule has 0 spiro atoms.